The van der Waals surface area contributed by atoms with E-state index in [1.807, 2.05) is 59.2 Å². The van der Waals surface area contributed by atoms with Gasteiger partial charge in [-0.2, -0.15) is 5.21 Å². The largest absolute Gasteiger partial charge is 0.332 e. The summed E-state index contributed by atoms with van der Waals surface area (Å²) in [5, 5.41) is 14.5. The van der Waals surface area contributed by atoms with Crippen LogP contribution in [0, 0.1) is 0 Å². The number of aromatic nitrogens is 8. The molecule has 1 N–H and O–H groups in total. The van der Waals surface area contributed by atoms with E-state index in [1.54, 1.807) is 4.57 Å². The third kappa shape index (κ3) is 5.00. The Kier molecular flexibility index (Phi) is 7.11. The van der Waals surface area contributed by atoms with E-state index in [4.69, 9.17) is 4.98 Å². The number of tetrazole rings is 1. The van der Waals surface area contributed by atoms with Crippen LogP contribution in [0.2, 0.25) is 0 Å². The van der Waals surface area contributed by atoms with E-state index in [0.717, 1.165) is 40.1 Å². The first kappa shape index (κ1) is 26.1. The maximum Gasteiger partial charge on any atom is 0.332 e. The molecule has 206 valence electrons. The molecule has 10 heteroatoms. The Morgan fingerprint density at radius 2 is 1.54 bits per heavy atom. The molecule has 0 aliphatic heterocycles. The molecule has 6 aromatic rings. The summed E-state index contributed by atoms with van der Waals surface area (Å²) in [6.07, 6.45) is 2.22. The maximum atomic E-state index is 13.5. The average molecular weight is 547 g/mol. The van der Waals surface area contributed by atoms with E-state index < -0.39 is 0 Å². The fraction of sp³-hybridized carbons (Fsp3) is 0.226. The van der Waals surface area contributed by atoms with Gasteiger partial charge < -0.3 is 4.57 Å². The van der Waals surface area contributed by atoms with Crippen molar-refractivity contribution in [3.63, 3.8) is 0 Å². The minimum Gasteiger partial charge on any atom is -0.318 e. The highest BCUT2D eigenvalue weighted by Gasteiger charge is 2.20. The molecule has 3 aromatic carbocycles. The summed E-state index contributed by atoms with van der Waals surface area (Å²) in [5.74, 6) is 1.33. The number of aromatic amines is 1. The molecule has 0 atom stereocenters. The molecular formula is C31H30N8O2. The second kappa shape index (κ2) is 11.2. The van der Waals surface area contributed by atoms with Crippen LogP contribution in [0.5, 0.6) is 0 Å². The first-order valence-corrected chi connectivity index (χ1v) is 13.7. The average Bonchev–Trinajstić information content (AvgIpc) is 3.66. The lowest BCUT2D eigenvalue weighted by molar-refractivity contribution is 0.619. The van der Waals surface area contributed by atoms with Gasteiger partial charge in [0.05, 0.1) is 0 Å². The van der Waals surface area contributed by atoms with Crippen molar-refractivity contribution >= 4 is 11.2 Å². The first-order chi connectivity index (χ1) is 20.0. The van der Waals surface area contributed by atoms with Gasteiger partial charge in [0, 0.05) is 32.1 Å². The zero-order valence-electron chi connectivity index (χ0n) is 23.0. The third-order valence-corrected chi connectivity index (χ3v) is 7.37. The molecule has 0 aliphatic carbocycles. The Labute approximate surface area is 235 Å². The van der Waals surface area contributed by atoms with Gasteiger partial charge in [0.2, 0.25) is 5.82 Å². The number of hydrogen-bond acceptors (Lipinski definition) is 6. The lowest BCUT2D eigenvalue weighted by Gasteiger charge is -2.12. The van der Waals surface area contributed by atoms with Crippen LogP contribution >= 0.6 is 0 Å². The van der Waals surface area contributed by atoms with Crippen molar-refractivity contribution in [2.24, 2.45) is 7.05 Å². The topological polar surface area (TPSA) is 116 Å². The second-order valence-corrected chi connectivity index (χ2v) is 10.0. The lowest BCUT2D eigenvalue weighted by atomic mass is 9.98. The van der Waals surface area contributed by atoms with Crippen molar-refractivity contribution in [1.29, 1.82) is 0 Å². The predicted octanol–water partition coefficient (Wildman–Crippen LogP) is 3.99. The molecule has 10 nitrogen and oxygen atoms in total. The highest BCUT2D eigenvalue weighted by Crippen LogP contribution is 2.30. The number of hydrogen-bond donors (Lipinski definition) is 1. The molecule has 0 saturated heterocycles. The molecule has 0 spiro atoms. The van der Waals surface area contributed by atoms with Crippen LogP contribution in [0.15, 0.2) is 88.5 Å². The molecule has 0 aliphatic rings. The summed E-state index contributed by atoms with van der Waals surface area (Å²) in [6.45, 7) is 2.98. The molecule has 0 unspecified atom stereocenters. The number of rotatable bonds is 9. The van der Waals surface area contributed by atoms with Gasteiger partial charge in [-0.05, 0) is 40.3 Å². The first-order valence-electron chi connectivity index (χ1n) is 13.7. The van der Waals surface area contributed by atoms with Crippen molar-refractivity contribution < 1.29 is 0 Å². The molecule has 0 amide bonds. The monoisotopic (exact) mass is 546 g/mol. The van der Waals surface area contributed by atoms with Gasteiger partial charge in [-0.15, -0.1) is 10.2 Å². The minimum absolute atomic E-state index is 0.332. The number of fused-ring (bicyclic) bond motifs is 1. The van der Waals surface area contributed by atoms with Crippen LogP contribution in [0.4, 0.5) is 0 Å². The molecule has 6 rings (SSSR count). The number of benzene rings is 3. The van der Waals surface area contributed by atoms with Crippen LogP contribution in [-0.2, 0) is 33.0 Å². The Bertz CT molecular complexity index is 1920. The zero-order valence-corrected chi connectivity index (χ0v) is 23.0. The molecular weight excluding hydrogens is 516 g/mol. The maximum absolute atomic E-state index is 13.5. The zero-order chi connectivity index (χ0) is 28.3. The van der Waals surface area contributed by atoms with Crippen LogP contribution in [0.25, 0.3) is 33.7 Å². The van der Waals surface area contributed by atoms with E-state index in [1.165, 1.54) is 11.6 Å². The van der Waals surface area contributed by atoms with Crippen LogP contribution < -0.4 is 11.2 Å². The quantitative estimate of drug-likeness (QED) is 0.293. The van der Waals surface area contributed by atoms with E-state index in [0.29, 0.717) is 42.9 Å². The van der Waals surface area contributed by atoms with E-state index in [2.05, 4.69) is 51.8 Å². The Balaban J connectivity index is 1.38. The predicted molar refractivity (Wildman–Crippen MR) is 158 cm³/mol. The van der Waals surface area contributed by atoms with Gasteiger partial charge in [-0.1, -0.05) is 85.8 Å². The second-order valence-electron chi connectivity index (χ2n) is 10.0. The van der Waals surface area contributed by atoms with Crippen molar-refractivity contribution in [3.8, 4) is 22.5 Å². The fourth-order valence-electron chi connectivity index (χ4n) is 5.25. The van der Waals surface area contributed by atoms with Gasteiger partial charge in [0.1, 0.15) is 5.82 Å². The number of H-pyrrole nitrogens is 1. The number of nitrogens with zero attached hydrogens (tertiary/aromatic N) is 7. The smallest absolute Gasteiger partial charge is 0.318 e. The number of imidazole rings is 1. The number of aryl methyl sites for hydroxylation is 3. The summed E-state index contributed by atoms with van der Waals surface area (Å²) in [4.78, 5) is 31.5. The fourth-order valence-corrected chi connectivity index (χ4v) is 5.25. The van der Waals surface area contributed by atoms with Gasteiger partial charge in [-0.25, -0.2) is 9.78 Å². The molecule has 0 radical (unpaired) electrons. The van der Waals surface area contributed by atoms with Crippen LogP contribution in [0.3, 0.4) is 0 Å². The molecule has 3 aromatic heterocycles. The SMILES string of the molecule is CCCc1nc2c(c(=O)n(C)c(=O)n2CCc2ccccc2)n1Cc1ccc(-c2ccccc2-c2nn[nH]n2)cc1. The Morgan fingerprint density at radius 1 is 0.805 bits per heavy atom. The summed E-state index contributed by atoms with van der Waals surface area (Å²) in [7, 11) is 1.54. The summed E-state index contributed by atoms with van der Waals surface area (Å²) >= 11 is 0. The normalized spacial score (nSPS) is 11.4. The summed E-state index contributed by atoms with van der Waals surface area (Å²) in [5.41, 5.74) is 5.26. The van der Waals surface area contributed by atoms with E-state index in [-0.39, 0.29) is 11.2 Å². The molecule has 3 heterocycles. The van der Waals surface area contributed by atoms with Crippen LogP contribution in [-0.4, -0.2) is 39.3 Å². The Morgan fingerprint density at radius 3 is 2.24 bits per heavy atom. The van der Waals surface area contributed by atoms with Crippen LogP contribution in [0.1, 0.15) is 30.3 Å². The third-order valence-electron chi connectivity index (χ3n) is 7.37. The standard InChI is InChI=1S/C31H30N8O2/c1-3-9-26-32-29-27(30(40)37(2)31(41)38(29)19-18-21-10-5-4-6-11-21)39(26)20-22-14-16-23(17-15-22)24-12-7-8-13-25(24)28-33-35-36-34-28/h4-8,10-17H,3,9,18-20H2,1-2H3,(H,33,34,35,36). The van der Waals surface area contributed by atoms with Crippen molar-refractivity contribution in [2.45, 2.75) is 39.3 Å². The van der Waals surface area contributed by atoms with Crippen molar-refractivity contribution in [3.05, 3.63) is 117 Å². The highest BCUT2D eigenvalue weighted by atomic mass is 16.2. The van der Waals surface area contributed by atoms with E-state index >= 15 is 0 Å². The minimum atomic E-state index is -0.351. The highest BCUT2D eigenvalue weighted by molar-refractivity contribution is 5.80. The molecule has 0 saturated carbocycles. The van der Waals surface area contributed by atoms with Gasteiger partial charge in [-0.3, -0.25) is 13.9 Å². The van der Waals surface area contributed by atoms with Crippen molar-refractivity contribution in [2.75, 3.05) is 0 Å². The summed E-state index contributed by atoms with van der Waals surface area (Å²) < 4.78 is 4.80. The molecule has 0 bridgehead atoms. The summed E-state index contributed by atoms with van der Waals surface area (Å²) in [6, 6.07) is 26.2. The van der Waals surface area contributed by atoms with Gasteiger partial charge >= 0.3 is 5.69 Å². The van der Waals surface area contributed by atoms with Crippen molar-refractivity contribution in [1.82, 2.24) is 39.3 Å². The lowest BCUT2D eigenvalue weighted by Crippen LogP contribution is -2.39. The molecule has 41 heavy (non-hydrogen) atoms. The van der Waals surface area contributed by atoms with Gasteiger partial charge in [0.25, 0.3) is 5.56 Å². The molecule has 0 fully saturated rings. The Hall–Kier alpha value is -5.12. The van der Waals surface area contributed by atoms with Gasteiger partial charge in [0.15, 0.2) is 11.2 Å². The van der Waals surface area contributed by atoms with E-state index in [9.17, 15) is 9.59 Å². The number of nitrogens with one attached hydrogen (secondary N) is 1.